The van der Waals surface area contributed by atoms with Crippen LogP contribution in [0.2, 0.25) is 5.02 Å². The van der Waals surface area contributed by atoms with E-state index in [-0.39, 0.29) is 23.4 Å². The number of amides is 2. The lowest BCUT2D eigenvalue weighted by molar-refractivity contribution is -0.139. The molecule has 0 spiro atoms. The molecule has 1 N–H and O–H groups in total. The Balaban J connectivity index is 1.70. The van der Waals surface area contributed by atoms with Crippen molar-refractivity contribution >= 4 is 39.1 Å². The average molecular weight is 598 g/mol. The van der Waals surface area contributed by atoms with Crippen molar-refractivity contribution in [2.45, 2.75) is 63.1 Å². The van der Waals surface area contributed by atoms with Crippen LogP contribution in [0.25, 0.3) is 0 Å². The van der Waals surface area contributed by atoms with E-state index >= 15 is 0 Å². The Morgan fingerprint density at radius 3 is 2.32 bits per heavy atom. The molecule has 0 aliphatic heterocycles. The third-order valence-corrected chi connectivity index (χ3v) is 9.44. The van der Waals surface area contributed by atoms with Gasteiger partial charge in [0.2, 0.25) is 11.8 Å². The highest BCUT2D eigenvalue weighted by molar-refractivity contribution is 7.92. The maximum Gasteiger partial charge on any atom is 0.264 e. The molecule has 41 heavy (non-hydrogen) atoms. The normalized spacial score (nSPS) is 14.3. The zero-order valence-electron chi connectivity index (χ0n) is 23.5. The van der Waals surface area contributed by atoms with E-state index in [0.29, 0.717) is 22.0 Å². The molecule has 1 fully saturated rings. The van der Waals surface area contributed by atoms with Crippen LogP contribution in [0.1, 0.15) is 43.7 Å². The molecule has 0 bridgehead atoms. The fourth-order valence-corrected chi connectivity index (χ4v) is 6.64. The molecule has 0 heterocycles. The maximum atomic E-state index is 14.1. The van der Waals surface area contributed by atoms with Crippen LogP contribution < -0.4 is 14.4 Å². The fraction of sp³-hybridized carbons (Fsp3) is 0.355. The number of hydrogen-bond acceptors (Lipinski definition) is 5. The Morgan fingerprint density at radius 1 is 1.02 bits per heavy atom. The van der Waals surface area contributed by atoms with Gasteiger partial charge in [-0.2, -0.15) is 0 Å². The minimum atomic E-state index is -4.16. The topological polar surface area (TPSA) is 96.0 Å². The predicted molar refractivity (Wildman–Crippen MR) is 161 cm³/mol. The summed E-state index contributed by atoms with van der Waals surface area (Å²) in [7, 11) is -2.59. The Kier molecular flexibility index (Phi) is 9.94. The van der Waals surface area contributed by atoms with Gasteiger partial charge in [0.15, 0.2) is 0 Å². The number of benzene rings is 3. The molecule has 0 aromatic heterocycles. The molecule has 1 aliphatic rings. The molecule has 8 nitrogen and oxygen atoms in total. The summed E-state index contributed by atoms with van der Waals surface area (Å²) in [6.45, 7) is 3.02. The quantitative estimate of drug-likeness (QED) is 0.322. The molecule has 1 unspecified atom stereocenters. The zero-order chi connectivity index (χ0) is 29.6. The number of carbonyl (C=O) groups is 2. The lowest BCUT2D eigenvalue weighted by Gasteiger charge is -2.33. The van der Waals surface area contributed by atoms with E-state index in [1.54, 1.807) is 63.4 Å². The van der Waals surface area contributed by atoms with Gasteiger partial charge in [-0.3, -0.25) is 13.9 Å². The van der Waals surface area contributed by atoms with Crippen LogP contribution >= 0.6 is 11.6 Å². The van der Waals surface area contributed by atoms with E-state index in [0.717, 1.165) is 35.6 Å². The molecule has 3 aromatic rings. The SMILES string of the molecule is COc1ccc(CN(C(=O)CN(c2cc(Cl)ccc2C)S(=O)(=O)c2ccccc2)C(C)C(=O)NC2CCCC2)cc1. The van der Waals surface area contributed by atoms with Gasteiger partial charge in [0, 0.05) is 17.6 Å². The Bertz CT molecular complexity index is 1460. The van der Waals surface area contributed by atoms with E-state index in [2.05, 4.69) is 5.32 Å². The Hall–Kier alpha value is -3.56. The summed E-state index contributed by atoms with van der Waals surface area (Å²) >= 11 is 6.28. The highest BCUT2D eigenvalue weighted by Gasteiger charge is 2.34. The van der Waals surface area contributed by atoms with Crippen molar-refractivity contribution in [2.75, 3.05) is 18.0 Å². The van der Waals surface area contributed by atoms with Crippen molar-refractivity contribution in [1.29, 1.82) is 0 Å². The molecule has 10 heteroatoms. The van der Waals surface area contributed by atoms with E-state index < -0.39 is 28.5 Å². The number of rotatable bonds is 11. The first kappa shape index (κ1) is 30.4. The van der Waals surface area contributed by atoms with Crippen molar-refractivity contribution in [3.05, 3.63) is 88.9 Å². The number of nitrogens with zero attached hydrogens (tertiary/aromatic N) is 2. The number of hydrogen-bond donors (Lipinski definition) is 1. The van der Waals surface area contributed by atoms with Crippen LogP contribution in [0.15, 0.2) is 77.7 Å². The van der Waals surface area contributed by atoms with Crippen LogP contribution in [0.4, 0.5) is 5.69 Å². The van der Waals surface area contributed by atoms with Crippen LogP contribution in [-0.2, 0) is 26.2 Å². The van der Waals surface area contributed by atoms with Crippen LogP contribution in [0.3, 0.4) is 0 Å². The van der Waals surface area contributed by atoms with Crippen molar-refractivity contribution < 1.29 is 22.7 Å². The molecule has 1 atom stereocenters. The van der Waals surface area contributed by atoms with E-state index in [1.165, 1.54) is 23.1 Å². The molecule has 4 rings (SSSR count). The van der Waals surface area contributed by atoms with Gasteiger partial charge in [0.1, 0.15) is 18.3 Å². The van der Waals surface area contributed by atoms with Gasteiger partial charge in [0.25, 0.3) is 10.0 Å². The Morgan fingerprint density at radius 2 is 1.68 bits per heavy atom. The average Bonchev–Trinajstić information content (AvgIpc) is 3.49. The van der Waals surface area contributed by atoms with Gasteiger partial charge in [-0.05, 0) is 74.2 Å². The number of anilines is 1. The van der Waals surface area contributed by atoms with Gasteiger partial charge in [-0.25, -0.2) is 8.42 Å². The second kappa shape index (κ2) is 13.4. The lowest BCUT2D eigenvalue weighted by atomic mass is 10.1. The second-order valence-corrected chi connectivity index (χ2v) is 12.6. The van der Waals surface area contributed by atoms with Gasteiger partial charge < -0.3 is 15.0 Å². The standard InChI is InChI=1S/C31H36ClN3O5S/c1-22-13-16-25(32)19-29(22)35(41(38,39)28-11-5-4-6-12-28)21-30(36)34(20-24-14-17-27(40-3)18-15-24)23(2)31(37)33-26-9-7-8-10-26/h4-6,11-19,23,26H,7-10,20-21H2,1-3H3,(H,33,37). The minimum Gasteiger partial charge on any atom is -0.497 e. The van der Waals surface area contributed by atoms with Crippen molar-refractivity contribution in [3.8, 4) is 5.75 Å². The van der Waals surface area contributed by atoms with Crippen LogP contribution in [0.5, 0.6) is 5.75 Å². The number of sulfonamides is 1. The molecule has 0 radical (unpaired) electrons. The number of ether oxygens (including phenoxy) is 1. The van der Waals surface area contributed by atoms with Crippen molar-refractivity contribution in [3.63, 3.8) is 0 Å². The predicted octanol–water partition coefficient (Wildman–Crippen LogP) is 5.33. The third kappa shape index (κ3) is 7.40. The van der Waals surface area contributed by atoms with E-state index in [9.17, 15) is 18.0 Å². The number of carbonyl (C=O) groups excluding carboxylic acids is 2. The molecular formula is C31H36ClN3O5S. The van der Waals surface area contributed by atoms with Crippen LogP contribution in [0, 0.1) is 6.92 Å². The van der Waals surface area contributed by atoms with Crippen molar-refractivity contribution in [1.82, 2.24) is 10.2 Å². The molecule has 0 saturated heterocycles. The monoisotopic (exact) mass is 597 g/mol. The number of halogens is 1. The summed E-state index contributed by atoms with van der Waals surface area (Å²) in [4.78, 5) is 28.9. The summed E-state index contributed by atoms with van der Waals surface area (Å²) in [5.41, 5.74) is 1.70. The van der Waals surface area contributed by atoms with Gasteiger partial charge in [-0.1, -0.05) is 60.8 Å². The third-order valence-electron chi connectivity index (χ3n) is 7.43. The lowest BCUT2D eigenvalue weighted by Crippen LogP contribution is -2.52. The minimum absolute atomic E-state index is 0.0425. The summed E-state index contributed by atoms with van der Waals surface area (Å²) in [6.07, 6.45) is 3.92. The highest BCUT2D eigenvalue weighted by atomic mass is 35.5. The smallest absolute Gasteiger partial charge is 0.264 e. The molecule has 1 saturated carbocycles. The van der Waals surface area contributed by atoms with E-state index in [1.807, 2.05) is 12.1 Å². The largest absolute Gasteiger partial charge is 0.497 e. The summed E-state index contributed by atoms with van der Waals surface area (Å²) in [6, 6.07) is 19.3. The molecule has 3 aromatic carbocycles. The number of nitrogens with one attached hydrogen (secondary N) is 1. The summed E-state index contributed by atoms with van der Waals surface area (Å²) < 4.78 is 34.2. The van der Waals surface area contributed by atoms with E-state index in [4.69, 9.17) is 16.3 Å². The Labute approximate surface area is 247 Å². The highest BCUT2D eigenvalue weighted by Crippen LogP contribution is 2.30. The van der Waals surface area contributed by atoms with Crippen molar-refractivity contribution in [2.24, 2.45) is 0 Å². The second-order valence-electron chi connectivity index (χ2n) is 10.3. The maximum absolute atomic E-state index is 14.1. The van der Waals surface area contributed by atoms with Gasteiger partial charge in [0.05, 0.1) is 17.7 Å². The molecular weight excluding hydrogens is 562 g/mol. The summed E-state index contributed by atoms with van der Waals surface area (Å²) in [5.74, 6) is -0.126. The molecule has 1 aliphatic carbocycles. The number of methoxy groups -OCH3 is 1. The fourth-order valence-electron chi connectivity index (χ4n) is 4.99. The first-order valence-electron chi connectivity index (χ1n) is 13.7. The van der Waals surface area contributed by atoms with Gasteiger partial charge >= 0.3 is 0 Å². The van der Waals surface area contributed by atoms with Gasteiger partial charge in [-0.15, -0.1) is 0 Å². The molecule has 218 valence electrons. The first-order valence-corrected chi connectivity index (χ1v) is 15.5. The zero-order valence-corrected chi connectivity index (χ0v) is 25.1. The number of aryl methyl sites for hydroxylation is 1. The van der Waals surface area contributed by atoms with Crippen LogP contribution in [-0.4, -0.2) is 50.9 Å². The summed E-state index contributed by atoms with van der Waals surface area (Å²) in [5, 5.41) is 3.41. The molecule has 2 amide bonds. The first-order chi connectivity index (χ1) is 19.6.